The van der Waals surface area contributed by atoms with Crippen molar-refractivity contribution in [1.82, 2.24) is 10.2 Å². The summed E-state index contributed by atoms with van der Waals surface area (Å²) in [4.78, 5) is 2.61. The second-order valence-electron chi connectivity index (χ2n) is 6.19. The Bertz CT molecular complexity index is 407. The standard InChI is InChI=1S/C18H30N2O/c1-4-9-20(17-5-7-19-8-6-17)10-11-21-18-13-15(2)12-16(3)14-18/h12-14,17,19H,4-11H2,1-3H3. The summed E-state index contributed by atoms with van der Waals surface area (Å²) >= 11 is 0. The fourth-order valence-corrected chi connectivity index (χ4v) is 3.23. The van der Waals surface area contributed by atoms with E-state index in [0.717, 1.165) is 38.0 Å². The Morgan fingerprint density at radius 1 is 1.10 bits per heavy atom. The molecule has 0 amide bonds. The van der Waals surface area contributed by atoms with E-state index in [4.69, 9.17) is 4.74 Å². The fourth-order valence-electron chi connectivity index (χ4n) is 3.23. The first-order chi connectivity index (χ1) is 10.2. The number of aryl methyl sites for hydroxylation is 2. The van der Waals surface area contributed by atoms with Gasteiger partial charge in [-0.1, -0.05) is 13.0 Å². The van der Waals surface area contributed by atoms with Crippen LogP contribution < -0.4 is 10.1 Å². The third kappa shape index (κ3) is 5.33. The van der Waals surface area contributed by atoms with Crippen molar-refractivity contribution in [3.63, 3.8) is 0 Å². The molecule has 1 aromatic carbocycles. The third-order valence-corrected chi connectivity index (χ3v) is 4.18. The number of benzene rings is 1. The molecule has 1 saturated heterocycles. The molecule has 1 fully saturated rings. The number of piperidine rings is 1. The van der Waals surface area contributed by atoms with Gasteiger partial charge in [-0.25, -0.2) is 0 Å². The van der Waals surface area contributed by atoms with Gasteiger partial charge in [-0.3, -0.25) is 4.90 Å². The molecule has 2 rings (SSSR count). The molecular formula is C18H30N2O. The van der Waals surface area contributed by atoms with Crippen LogP contribution in [-0.2, 0) is 0 Å². The van der Waals surface area contributed by atoms with E-state index in [0.29, 0.717) is 0 Å². The Hall–Kier alpha value is -1.06. The highest BCUT2D eigenvalue weighted by Crippen LogP contribution is 2.17. The largest absolute Gasteiger partial charge is 0.492 e. The molecule has 3 heteroatoms. The van der Waals surface area contributed by atoms with Crippen LogP contribution in [0.5, 0.6) is 5.75 Å². The normalized spacial score (nSPS) is 16.4. The molecule has 21 heavy (non-hydrogen) atoms. The van der Waals surface area contributed by atoms with Crippen molar-refractivity contribution in [1.29, 1.82) is 0 Å². The molecule has 0 spiro atoms. The van der Waals surface area contributed by atoms with Crippen LogP contribution in [0, 0.1) is 13.8 Å². The van der Waals surface area contributed by atoms with Gasteiger partial charge in [0.25, 0.3) is 0 Å². The van der Waals surface area contributed by atoms with Crippen LogP contribution in [0.15, 0.2) is 18.2 Å². The van der Waals surface area contributed by atoms with E-state index in [-0.39, 0.29) is 0 Å². The zero-order valence-electron chi connectivity index (χ0n) is 13.8. The van der Waals surface area contributed by atoms with E-state index in [9.17, 15) is 0 Å². The first kappa shape index (κ1) is 16.3. The molecule has 1 heterocycles. The smallest absolute Gasteiger partial charge is 0.119 e. The highest BCUT2D eigenvalue weighted by Gasteiger charge is 2.19. The molecule has 0 atom stereocenters. The summed E-state index contributed by atoms with van der Waals surface area (Å²) in [7, 11) is 0. The molecule has 1 aliphatic rings. The zero-order valence-corrected chi connectivity index (χ0v) is 13.8. The molecule has 0 aromatic heterocycles. The van der Waals surface area contributed by atoms with E-state index in [1.165, 1.54) is 36.9 Å². The summed E-state index contributed by atoms with van der Waals surface area (Å²) in [6.45, 7) is 11.8. The lowest BCUT2D eigenvalue weighted by atomic mass is 10.0. The van der Waals surface area contributed by atoms with E-state index in [2.05, 4.69) is 49.2 Å². The average molecular weight is 290 g/mol. The lowest BCUT2D eigenvalue weighted by Gasteiger charge is -2.34. The van der Waals surface area contributed by atoms with Crippen molar-refractivity contribution < 1.29 is 4.74 Å². The summed E-state index contributed by atoms with van der Waals surface area (Å²) in [5.74, 6) is 1.01. The summed E-state index contributed by atoms with van der Waals surface area (Å²) in [5.41, 5.74) is 2.54. The Kier molecular flexibility index (Phi) is 6.52. The van der Waals surface area contributed by atoms with Crippen LogP contribution in [0.3, 0.4) is 0 Å². The Labute approximate surface area is 129 Å². The van der Waals surface area contributed by atoms with Crippen molar-refractivity contribution in [3.05, 3.63) is 29.3 Å². The maximum absolute atomic E-state index is 5.98. The predicted molar refractivity (Wildman–Crippen MR) is 89.2 cm³/mol. The quantitative estimate of drug-likeness (QED) is 0.835. The summed E-state index contributed by atoms with van der Waals surface area (Å²) in [6, 6.07) is 7.17. The van der Waals surface area contributed by atoms with Gasteiger partial charge in [0, 0.05) is 12.6 Å². The number of ether oxygens (including phenoxy) is 1. The second kappa shape index (κ2) is 8.40. The lowest BCUT2D eigenvalue weighted by Crippen LogP contribution is -2.45. The Morgan fingerprint density at radius 3 is 2.38 bits per heavy atom. The van der Waals surface area contributed by atoms with Crippen LogP contribution in [-0.4, -0.2) is 43.7 Å². The van der Waals surface area contributed by atoms with Crippen molar-refractivity contribution in [2.24, 2.45) is 0 Å². The summed E-state index contributed by atoms with van der Waals surface area (Å²) < 4.78 is 5.98. The van der Waals surface area contributed by atoms with E-state index in [1.807, 2.05) is 0 Å². The van der Waals surface area contributed by atoms with Gasteiger partial charge in [0.2, 0.25) is 0 Å². The first-order valence-electron chi connectivity index (χ1n) is 8.35. The van der Waals surface area contributed by atoms with Crippen LogP contribution in [0.25, 0.3) is 0 Å². The van der Waals surface area contributed by atoms with Gasteiger partial charge in [-0.05, 0) is 76.0 Å². The summed E-state index contributed by atoms with van der Waals surface area (Å²) in [5, 5.41) is 3.45. The van der Waals surface area contributed by atoms with Gasteiger partial charge >= 0.3 is 0 Å². The van der Waals surface area contributed by atoms with Crippen molar-refractivity contribution in [3.8, 4) is 5.75 Å². The van der Waals surface area contributed by atoms with Crippen LogP contribution in [0.1, 0.15) is 37.3 Å². The van der Waals surface area contributed by atoms with Gasteiger partial charge in [-0.15, -0.1) is 0 Å². The van der Waals surface area contributed by atoms with Crippen molar-refractivity contribution in [2.75, 3.05) is 32.8 Å². The molecule has 3 nitrogen and oxygen atoms in total. The SMILES string of the molecule is CCCN(CCOc1cc(C)cc(C)c1)C1CCNCC1. The number of nitrogens with one attached hydrogen (secondary N) is 1. The van der Waals surface area contributed by atoms with E-state index < -0.39 is 0 Å². The van der Waals surface area contributed by atoms with Gasteiger partial charge in [0.05, 0.1) is 0 Å². The Balaban J connectivity index is 1.83. The molecule has 0 bridgehead atoms. The highest BCUT2D eigenvalue weighted by atomic mass is 16.5. The number of hydrogen-bond donors (Lipinski definition) is 1. The minimum Gasteiger partial charge on any atom is -0.492 e. The van der Waals surface area contributed by atoms with Gasteiger partial charge < -0.3 is 10.1 Å². The third-order valence-electron chi connectivity index (χ3n) is 4.18. The van der Waals surface area contributed by atoms with Crippen LogP contribution in [0.2, 0.25) is 0 Å². The molecule has 0 aliphatic carbocycles. The molecule has 0 unspecified atom stereocenters. The van der Waals surface area contributed by atoms with Gasteiger partial charge in [-0.2, -0.15) is 0 Å². The molecule has 1 aliphatic heterocycles. The van der Waals surface area contributed by atoms with Crippen LogP contribution >= 0.6 is 0 Å². The molecule has 118 valence electrons. The molecule has 0 radical (unpaired) electrons. The van der Waals surface area contributed by atoms with Crippen molar-refractivity contribution in [2.45, 2.75) is 46.1 Å². The number of nitrogens with zero attached hydrogens (tertiary/aromatic N) is 1. The Morgan fingerprint density at radius 2 is 1.76 bits per heavy atom. The predicted octanol–water partition coefficient (Wildman–Crippen LogP) is 3.15. The highest BCUT2D eigenvalue weighted by molar-refractivity contribution is 5.32. The fraction of sp³-hybridized carbons (Fsp3) is 0.667. The van der Waals surface area contributed by atoms with Gasteiger partial charge in [0.1, 0.15) is 12.4 Å². The lowest BCUT2D eigenvalue weighted by molar-refractivity contribution is 0.135. The number of hydrogen-bond acceptors (Lipinski definition) is 3. The monoisotopic (exact) mass is 290 g/mol. The van der Waals surface area contributed by atoms with E-state index in [1.54, 1.807) is 0 Å². The topological polar surface area (TPSA) is 24.5 Å². The van der Waals surface area contributed by atoms with Crippen LogP contribution in [0.4, 0.5) is 0 Å². The summed E-state index contributed by atoms with van der Waals surface area (Å²) in [6.07, 6.45) is 3.75. The van der Waals surface area contributed by atoms with E-state index >= 15 is 0 Å². The maximum atomic E-state index is 5.98. The minimum atomic E-state index is 0.731. The molecular weight excluding hydrogens is 260 g/mol. The number of rotatable bonds is 7. The molecule has 1 aromatic rings. The average Bonchev–Trinajstić information content (AvgIpc) is 2.46. The first-order valence-corrected chi connectivity index (χ1v) is 8.35. The molecule has 1 N–H and O–H groups in total. The zero-order chi connectivity index (χ0) is 15.1. The molecule has 0 saturated carbocycles. The second-order valence-corrected chi connectivity index (χ2v) is 6.19. The maximum Gasteiger partial charge on any atom is 0.119 e. The van der Waals surface area contributed by atoms with Gasteiger partial charge in [0.15, 0.2) is 0 Å². The van der Waals surface area contributed by atoms with Crippen molar-refractivity contribution >= 4 is 0 Å². The minimum absolute atomic E-state index is 0.731.